The number of hydrogen-bond acceptors (Lipinski definition) is 3. The number of unbranched alkanes of at least 4 members (excludes halogenated alkanes) is 1. The lowest BCUT2D eigenvalue weighted by molar-refractivity contribution is -0.120. The van der Waals surface area contributed by atoms with Gasteiger partial charge in [0.1, 0.15) is 0 Å². The molecule has 90 valence electrons. The first-order valence-corrected chi connectivity index (χ1v) is 7.20. The molecule has 5 heteroatoms. The summed E-state index contributed by atoms with van der Waals surface area (Å²) in [7, 11) is 0. The molecule has 1 atom stereocenters. The average Bonchev–Trinajstić information content (AvgIpc) is 2.65. The van der Waals surface area contributed by atoms with Crippen molar-refractivity contribution >= 4 is 38.3 Å². The van der Waals surface area contributed by atoms with Crippen molar-refractivity contribution in [3.63, 3.8) is 0 Å². The highest BCUT2D eigenvalue weighted by molar-refractivity contribution is 9.11. The summed E-state index contributed by atoms with van der Waals surface area (Å²) in [6.07, 6.45) is 5.79. The molecule has 0 saturated carbocycles. The number of nitrogens with one attached hydrogen (secondary N) is 1. The molecular formula is C11H17BrN2OS. The Morgan fingerprint density at radius 2 is 2.38 bits per heavy atom. The summed E-state index contributed by atoms with van der Waals surface area (Å²) in [6.45, 7) is 4.19. The lowest BCUT2D eigenvalue weighted by Gasteiger charge is -2.12. The van der Waals surface area contributed by atoms with Crippen molar-refractivity contribution in [2.75, 3.05) is 5.32 Å². The van der Waals surface area contributed by atoms with E-state index in [0.717, 1.165) is 29.5 Å². The molecule has 0 bridgehead atoms. The molecule has 3 nitrogen and oxygen atoms in total. The fourth-order valence-electron chi connectivity index (χ4n) is 1.49. The number of rotatable bonds is 6. The second kappa shape index (κ2) is 7.01. The molecule has 1 rings (SSSR count). The fourth-order valence-corrected chi connectivity index (χ4v) is 2.60. The van der Waals surface area contributed by atoms with Crippen molar-refractivity contribution in [2.45, 2.75) is 39.5 Å². The van der Waals surface area contributed by atoms with Crippen LogP contribution >= 0.6 is 27.3 Å². The van der Waals surface area contributed by atoms with E-state index in [-0.39, 0.29) is 11.8 Å². The Hall–Kier alpha value is -0.420. The van der Waals surface area contributed by atoms with E-state index in [0.29, 0.717) is 5.13 Å². The van der Waals surface area contributed by atoms with Crippen LogP contribution in [0.5, 0.6) is 0 Å². The van der Waals surface area contributed by atoms with Crippen molar-refractivity contribution < 1.29 is 4.79 Å². The fraction of sp³-hybridized carbons (Fsp3) is 0.636. The van der Waals surface area contributed by atoms with Crippen LogP contribution in [-0.2, 0) is 4.79 Å². The summed E-state index contributed by atoms with van der Waals surface area (Å²) in [5, 5.41) is 3.53. The minimum atomic E-state index is 0.0952. The van der Waals surface area contributed by atoms with Crippen LogP contribution in [0.2, 0.25) is 0 Å². The summed E-state index contributed by atoms with van der Waals surface area (Å²) >= 11 is 4.76. The second-order valence-corrected chi connectivity index (χ2v) is 6.12. The molecule has 1 N–H and O–H groups in total. The van der Waals surface area contributed by atoms with Crippen molar-refractivity contribution in [3.8, 4) is 0 Å². The van der Waals surface area contributed by atoms with E-state index in [1.54, 1.807) is 6.20 Å². The van der Waals surface area contributed by atoms with E-state index in [9.17, 15) is 4.79 Å². The number of nitrogens with zero attached hydrogens (tertiary/aromatic N) is 1. The molecule has 1 aromatic rings. The summed E-state index contributed by atoms with van der Waals surface area (Å²) < 4.78 is 0.935. The summed E-state index contributed by atoms with van der Waals surface area (Å²) in [5.41, 5.74) is 0. The van der Waals surface area contributed by atoms with E-state index in [1.807, 2.05) is 0 Å². The van der Waals surface area contributed by atoms with Gasteiger partial charge in [-0.1, -0.05) is 38.0 Å². The molecule has 1 heterocycles. The first-order valence-electron chi connectivity index (χ1n) is 5.59. The van der Waals surface area contributed by atoms with Gasteiger partial charge < -0.3 is 5.32 Å². The topological polar surface area (TPSA) is 42.0 Å². The van der Waals surface area contributed by atoms with E-state index in [1.165, 1.54) is 11.3 Å². The number of aromatic nitrogens is 1. The predicted molar refractivity (Wildman–Crippen MR) is 71.7 cm³/mol. The SMILES string of the molecule is CCCCC(CC)C(=O)Nc1ncc(Br)s1. The zero-order chi connectivity index (χ0) is 12.0. The van der Waals surface area contributed by atoms with Crippen LogP contribution in [0.3, 0.4) is 0 Å². The van der Waals surface area contributed by atoms with Gasteiger partial charge in [0.25, 0.3) is 0 Å². The number of carbonyl (C=O) groups is 1. The van der Waals surface area contributed by atoms with Crippen LogP contribution in [0.25, 0.3) is 0 Å². The van der Waals surface area contributed by atoms with E-state index in [2.05, 4.69) is 40.1 Å². The van der Waals surface area contributed by atoms with Gasteiger partial charge >= 0.3 is 0 Å². The Kier molecular flexibility index (Phi) is 5.98. The molecule has 0 aliphatic heterocycles. The van der Waals surface area contributed by atoms with Gasteiger partial charge in [-0.05, 0) is 28.8 Å². The molecule has 0 radical (unpaired) electrons. The van der Waals surface area contributed by atoms with Gasteiger partial charge in [-0.25, -0.2) is 4.98 Å². The Bertz CT molecular complexity index is 340. The van der Waals surface area contributed by atoms with Crippen molar-refractivity contribution in [2.24, 2.45) is 5.92 Å². The number of carbonyl (C=O) groups excluding carboxylic acids is 1. The third-order valence-electron chi connectivity index (χ3n) is 2.48. The standard InChI is InChI=1S/C11H17BrN2OS/c1-3-5-6-8(4-2)10(15)14-11-13-7-9(12)16-11/h7-8H,3-6H2,1-2H3,(H,13,14,15). The van der Waals surface area contributed by atoms with Crippen LogP contribution in [0.4, 0.5) is 5.13 Å². The number of thiazole rings is 1. The van der Waals surface area contributed by atoms with Crippen molar-refractivity contribution in [1.82, 2.24) is 4.98 Å². The molecular weight excluding hydrogens is 288 g/mol. The highest BCUT2D eigenvalue weighted by Gasteiger charge is 2.16. The average molecular weight is 305 g/mol. The lowest BCUT2D eigenvalue weighted by atomic mass is 9.99. The third kappa shape index (κ3) is 4.22. The maximum absolute atomic E-state index is 11.9. The van der Waals surface area contributed by atoms with Gasteiger partial charge in [-0.2, -0.15) is 0 Å². The summed E-state index contributed by atoms with van der Waals surface area (Å²) in [5.74, 6) is 0.209. The molecule has 0 spiro atoms. The monoisotopic (exact) mass is 304 g/mol. The van der Waals surface area contributed by atoms with Crippen LogP contribution in [0.1, 0.15) is 39.5 Å². The molecule has 16 heavy (non-hydrogen) atoms. The minimum Gasteiger partial charge on any atom is -0.302 e. The minimum absolute atomic E-state index is 0.0952. The largest absolute Gasteiger partial charge is 0.302 e. The zero-order valence-corrected chi connectivity index (χ0v) is 12.0. The predicted octanol–water partition coefficient (Wildman–Crippen LogP) is 4.06. The molecule has 1 amide bonds. The van der Waals surface area contributed by atoms with Crippen LogP contribution < -0.4 is 5.32 Å². The molecule has 1 aromatic heterocycles. The highest BCUT2D eigenvalue weighted by Crippen LogP contribution is 2.24. The van der Waals surface area contributed by atoms with E-state index >= 15 is 0 Å². The Labute approximate surface area is 109 Å². The summed E-state index contributed by atoms with van der Waals surface area (Å²) in [6, 6.07) is 0. The number of amides is 1. The molecule has 0 saturated heterocycles. The lowest BCUT2D eigenvalue weighted by Crippen LogP contribution is -2.22. The van der Waals surface area contributed by atoms with Gasteiger partial charge in [0.15, 0.2) is 5.13 Å². The van der Waals surface area contributed by atoms with Gasteiger partial charge in [0.05, 0.1) is 9.98 Å². The van der Waals surface area contributed by atoms with Crippen LogP contribution in [0.15, 0.2) is 9.98 Å². The van der Waals surface area contributed by atoms with Gasteiger partial charge in [-0.15, -0.1) is 0 Å². The Balaban J connectivity index is 2.49. The highest BCUT2D eigenvalue weighted by atomic mass is 79.9. The normalized spacial score (nSPS) is 12.4. The van der Waals surface area contributed by atoms with Crippen LogP contribution in [0, 0.1) is 5.92 Å². The molecule has 0 aliphatic rings. The summed E-state index contributed by atoms with van der Waals surface area (Å²) in [4.78, 5) is 16.0. The first kappa shape index (κ1) is 13.6. The second-order valence-electron chi connectivity index (χ2n) is 3.71. The van der Waals surface area contributed by atoms with E-state index in [4.69, 9.17) is 0 Å². The Morgan fingerprint density at radius 3 is 2.88 bits per heavy atom. The molecule has 0 aromatic carbocycles. The Morgan fingerprint density at radius 1 is 1.62 bits per heavy atom. The van der Waals surface area contributed by atoms with E-state index < -0.39 is 0 Å². The molecule has 1 unspecified atom stereocenters. The van der Waals surface area contributed by atoms with Crippen molar-refractivity contribution in [1.29, 1.82) is 0 Å². The van der Waals surface area contributed by atoms with Crippen molar-refractivity contribution in [3.05, 3.63) is 9.98 Å². The number of hydrogen-bond donors (Lipinski definition) is 1. The first-order chi connectivity index (χ1) is 7.67. The third-order valence-corrected chi connectivity index (χ3v) is 3.87. The van der Waals surface area contributed by atoms with Gasteiger partial charge in [0.2, 0.25) is 5.91 Å². The smallest absolute Gasteiger partial charge is 0.229 e. The maximum atomic E-state index is 11.9. The quantitative estimate of drug-likeness (QED) is 0.861. The number of anilines is 1. The van der Waals surface area contributed by atoms with Gasteiger partial charge in [-0.3, -0.25) is 4.79 Å². The zero-order valence-electron chi connectivity index (χ0n) is 9.62. The maximum Gasteiger partial charge on any atom is 0.229 e. The number of halogens is 1. The molecule has 0 fully saturated rings. The molecule has 0 aliphatic carbocycles. The van der Waals surface area contributed by atoms with Gasteiger partial charge in [0, 0.05) is 5.92 Å². The van der Waals surface area contributed by atoms with Crippen LogP contribution in [-0.4, -0.2) is 10.9 Å².